The van der Waals surface area contributed by atoms with E-state index in [0.717, 1.165) is 22.4 Å². The Labute approximate surface area is 149 Å². The van der Waals surface area contributed by atoms with Crippen LogP contribution in [-0.4, -0.2) is 25.6 Å². The Morgan fingerprint density at radius 1 is 1.23 bits per heavy atom. The van der Waals surface area contributed by atoms with Crippen molar-refractivity contribution in [1.29, 1.82) is 0 Å². The molecule has 0 bridgehead atoms. The molecule has 1 aromatic carbocycles. The smallest absolute Gasteiger partial charge is 0.273 e. The van der Waals surface area contributed by atoms with Crippen molar-refractivity contribution in [2.45, 2.75) is 20.0 Å². The quantitative estimate of drug-likeness (QED) is 0.600. The molecule has 0 fully saturated rings. The van der Waals surface area contributed by atoms with Crippen LogP contribution in [0.4, 0.5) is 0 Å². The van der Waals surface area contributed by atoms with Crippen LogP contribution in [0.1, 0.15) is 27.6 Å². The third-order valence-corrected chi connectivity index (χ3v) is 4.13. The van der Waals surface area contributed by atoms with Gasteiger partial charge in [0.2, 0.25) is 0 Å². The molecule has 0 aliphatic carbocycles. The van der Waals surface area contributed by atoms with Gasteiger partial charge in [0, 0.05) is 25.0 Å². The van der Waals surface area contributed by atoms with E-state index in [1.807, 2.05) is 47.9 Å². The monoisotopic (exact) mass is 347 g/mol. The zero-order valence-electron chi connectivity index (χ0n) is 14.2. The predicted octanol–water partition coefficient (Wildman–Crippen LogP) is 2.71. The molecule has 4 aromatic rings. The zero-order valence-corrected chi connectivity index (χ0v) is 14.2. The summed E-state index contributed by atoms with van der Waals surface area (Å²) in [5.74, 6) is 1.20. The average Bonchev–Trinajstić information content (AvgIpc) is 3.26. The normalized spacial score (nSPS) is 11.0. The topological polar surface area (TPSA) is 85.8 Å². The lowest BCUT2D eigenvalue weighted by Crippen LogP contribution is -2.23. The van der Waals surface area contributed by atoms with E-state index >= 15 is 0 Å². The van der Waals surface area contributed by atoms with Gasteiger partial charge >= 0.3 is 0 Å². The highest BCUT2D eigenvalue weighted by atomic mass is 16.5. The molecule has 0 saturated carbocycles. The molecule has 0 aliphatic rings. The van der Waals surface area contributed by atoms with Crippen molar-refractivity contribution in [3.8, 4) is 0 Å². The van der Waals surface area contributed by atoms with Crippen LogP contribution in [-0.2, 0) is 13.1 Å². The predicted molar refractivity (Wildman–Crippen MR) is 95.5 cm³/mol. The second kappa shape index (κ2) is 6.79. The lowest BCUT2D eigenvalue weighted by Gasteiger charge is -2.03. The van der Waals surface area contributed by atoms with Crippen LogP contribution in [0.3, 0.4) is 0 Å². The maximum atomic E-state index is 12.2. The fourth-order valence-corrected chi connectivity index (χ4v) is 2.82. The van der Waals surface area contributed by atoms with Crippen molar-refractivity contribution >= 4 is 16.9 Å². The van der Waals surface area contributed by atoms with Crippen molar-refractivity contribution in [2.75, 3.05) is 0 Å². The van der Waals surface area contributed by atoms with E-state index in [0.29, 0.717) is 18.8 Å². The van der Waals surface area contributed by atoms with Gasteiger partial charge in [-0.2, -0.15) is 0 Å². The second-order valence-corrected chi connectivity index (χ2v) is 5.96. The summed E-state index contributed by atoms with van der Waals surface area (Å²) in [6.45, 7) is 2.80. The van der Waals surface area contributed by atoms with Gasteiger partial charge in [0.05, 0.1) is 17.6 Å². The first kappa shape index (κ1) is 16.0. The number of pyridine rings is 1. The number of hydrogen-bond acceptors (Lipinski definition) is 5. The van der Waals surface area contributed by atoms with Crippen molar-refractivity contribution in [3.63, 3.8) is 0 Å². The molecule has 0 aliphatic heterocycles. The third kappa shape index (κ3) is 3.19. The highest BCUT2D eigenvalue weighted by molar-refractivity contribution is 5.92. The lowest BCUT2D eigenvalue weighted by atomic mass is 10.2. The van der Waals surface area contributed by atoms with E-state index in [1.165, 1.54) is 0 Å². The van der Waals surface area contributed by atoms with Crippen molar-refractivity contribution < 1.29 is 9.32 Å². The van der Waals surface area contributed by atoms with E-state index < -0.39 is 0 Å². The van der Waals surface area contributed by atoms with Crippen LogP contribution in [0.25, 0.3) is 11.0 Å². The molecule has 1 N–H and O–H groups in total. The molecule has 3 aromatic heterocycles. The summed E-state index contributed by atoms with van der Waals surface area (Å²) >= 11 is 0. The number of carbonyl (C=O) groups is 1. The molecule has 7 heteroatoms. The molecule has 26 heavy (non-hydrogen) atoms. The van der Waals surface area contributed by atoms with E-state index in [-0.39, 0.29) is 11.6 Å². The first-order valence-corrected chi connectivity index (χ1v) is 8.25. The molecule has 130 valence electrons. The lowest BCUT2D eigenvalue weighted by molar-refractivity contribution is 0.0941. The largest absolute Gasteiger partial charge is 0.359 e. The van der Waals surface area contributed by atoms with E-state index in [1.54, 1.807) is 18.5 Å². The number of nitrogens with one attached hydrogen (secondary N) is 1. The van der Waals surface area contributed by atoms with Crippen molar-refractivity contribution in [2.24, 2.45) is 0 Å². The maximum Gasteiger partial charge on any atom is 0.273 e. The van der Waals surface area contributed by atoms with Gasteiger partial charge in [0.15, 0.2) is 11.5 Å². The summed E-state index contributed by atoms with van der Waals surface area (Å²) in [4.78, 5) is 20.8. The number of fused-ring (bicyclic) bond motifs is 1. The number of hydrogen-bond donors (Lipinski definition) is 1. The maximum absolute atomic E-state index is 12.2. The Hall–Kier alpha value is -3.48. The van der Waals surface area contributed by atoms with Gasteiger partial charge < -0.3 is 14.4 Å². The van der Waals surface area contributed by atoms with Gasteiger partial charge in [-0.05, 0) is 30.7 Å². The fraction of sp³-hybridized carbons (Fsp3) is 0.158. The standard InChI is InChI=1S/C19H17N5O2/c1-13-22-16-6-2-3-7-18(16)24(13)12-15-9-17(23-26-15)19(25)21-11-14-5-4-8-20-10-14/h2-10H,11-12H2,1H3,(H,21,25). The molecule has 0 unspecified atom stereocenters. The molecule has 7 nitrogen and oxygen atoms in total. The summed E-state index contributed by atoms with van der Waals surface area (Å²) in [6, 6.07) is 13.3. The number of benzene rings is 1. The van der Waals surface area contributed by atoms with Gasteiger partial charge in [-0.25, -0.2) is 4.98 Å². The van der Waals surface area contributed by atoms with E-state index in [4.69, 9.17) is 4.52 Å². The highest BCUT2D eigenvalue weighted by Crippen LogP contribution is 2.17. The highest BCUT2D eigenvalue weighted by Gasteiger charge is 2.14. The van der Waals surface area contributed by atoms with Crippen molar-refractivity contribution in [3.05, 3.63) is 77.7 Å². The molecule has 1 amide bonds. The first-order chi connectivity index (χ1) is 12.7. The number of amides is 1. The average molecular weight is 347 g/mol. The van der Waals surface area contributed by atoms with Crippen LogP contribution in [0, 0.1) is 6.92 Å². The SMILES string of the molecule is Cc1nc2ccccc2n1Cc1cc(C(=O)NCc2cccnc2)no1. The first-order valence-electron chi connectivity index (χ1n) is 8.25. The summed E-state index contributed by atoms with van der Waals surface area (Å²) in [7, 11) is 0. The molecular weight excluding hydrogens is 330 g/mol. The molecule has 0 spiro atoms. The Morgan fingerprint density at radius 2 is 2.12 bits per heavy atom. The molecule has 0 radical (unpaired) electrons. The van der Waals surface area contributed by atoms with E-state index in [2.05, 4.69) is 20.4 Å². The van der Waals surface area contributed by atoms with Crippen LogP contribution < -0.4 is 5.32 Å². The summed E-state index contributed by atoms with van der Waals surface area (Å²) < 4.78 is 7.38. The number of imidazole rings is 1. The Morgan fingerprint density at radius 3 is 2.96 bits per heavy atom. The Kier molecular flexibility index (Phi) is 4.18. The van der Waals surface area contributed by atoms with E-state index in [9.17, 15) is 4.79 Å². The van der Waals surface area contributed by atoms with Gasteiger partial charge in [-0.3, -0.25) is 9.78 Å². The van der Waals surface area contributed by atoms with Gasteiger partial charge in [0.25, 0.3) is 5.91 Å². The summed E-state index contributed by atoms with van der Waals surface area (Å²) in [5, 5.41) is 6.69. The van der Waals surface area contributed by atoms with Crippen LogP contribution in [0.2, 0.25) is 0 Å². The van der Waals surface area contributed by atoms with Crippen LogP contribution in [0.5, 0.6) is 0 Å². The number of rotatable bonds is 5. The second-order valence-electron chi connectivity index (χ2n) is 5.96. The van der Waals surface area contributed by atoms with Crippen molar-refractivity contribution in [1.82, 2.24) is 25.0 Å². The number of para-hydroxylation sites is 2. The third-order valence-electron chi connectivity index (χ3n) is 4.13. The number of aryl methyl sites for hydroxylation is 1. The summed E-state index contributed by atoms with van der Waals surface area (Å²) in [6.07, 6.45) is 3.40. The summed E-state index contributed by atoms with van der Waals surface area (Å²) in [5.41, 5.74) is 3.12. The zero-order chi connectivity index (χ0) is 17.9. The molecule has 3 heterocycles. The van der Waals surface area contributed by atoms with Crippen LogP contribution >= 0.6 is 0 Å². The number of nitrogens with zero attached hydrogens (tertiary/aromatic N) is 4. The molecule has 0 saturated heterocycles. The van der Waals surface area contributed by atoms with Crippen LogP contribution in [0.15, 0.2) is 59.4 Å². The molecule has 4 rings (SSSR count). The number of aromatic nitrogens is 4. The minimum atomic E-state index is -0.281. The molecule has 0 atom stereocenters. The molecular formula is C19H17N5O2. The fourth-order valence-electron chi connectivity index (χ4n) is 2.82. The Balaban J connectivity index is 1.47. The van der Waals surface area contributed by atoms with Gasteiger partial charge in [0.1, 0.15) is 5.82 Å². The number of carbonyl (C=O) groups excluding carboxylic acids is 1. The minimum absolute atomic E-state index is 0.256. The minimum Gasteiger partial charge on any atom is -0.359 e. The van der Waals surface area contributed by atoms with Gasteiger partial charge in [-0.1, -0.05) is 23.4 Å². The Bertz CT molecular complexity index is 1050. The van der Waals surface area contributed by atoms with Gasteiger partial charge in [-0.15, -0.1) is 0 Å².